The van der Waals surface area contributed by atoms with Crippen molar-refractivity contribution in [3.63, 3.8) is 0 Å². The number of hydrogen-bond acceptors (Lipinski definition) is 4. The first-order valence-corrected chi connectivity index (χ1v) is 9.65. The summed E-state index contributed by atoms with van der Waals surface area (Å²) in [5.74, 6) is -0.705. The molecule has 152 valence electrons. The van der Waals surface area contributed by atoms with Crippen molar-refractivity contribution in [1.82, 2.24) is 4.98 Å². The highest BCUT2D eigenvalue weighted by molar-refractivity contribution is 5.97. The van der Waals surface area contributed by atoms with Crippen LogP contribution < -0.4 is 5.32 Å². The SMILES string of the molecule is CC[C@H](C)c1ccccc1NC(=O)[C@@H](C)OC(=O)c1[nH]c(C)c([C@@H](C)O)c1C. The van der Waals surface area contributed by atoms with Gasteiger partial charge in [0.05, 0.1) is 6.10 Å². The van der Waals surface area contributed by atoms with E-state index in [1.54, 1.807) is 27.7 Å². The number of aromatic amines is 1. The predicted octanol–water partition coefficient (Wildman–Crippen LogP) is 4.38. The Balaban J connectivity index is 2.12. The molecule has 0 aliphatic rings. The molecule has 3 N–H and O–H groups in total. The number of carbonyl (C=O) groups excluding carboxylic acids is 2. The lowest BCUT2D eigenvalue weighted by molar-refractivity contribution is -0.123. The molecule has 0 fully saturated rings. The van der Waals surface area contributed by atoms with E-state index in [-0.39, 0.29) is 11.6 Å². The van der Waals surface area contributed by atoms with Gasteiger partial charge in [-0.15, -0.1) is 0 Å². The number of aliphatic hydroxyl groups is 1. The lowest BCUT2D eigenvalue weighted by atomic mass is 9.97. The molecule has 0 saturated heterocycles. The summed E-state index contributed by atoms with van der Waals surface area (Å²) < 4.78 is 5.36. The van der Waals surface area contributed by atoms with Crippen LogP contribution in [0.3, 0.4) is 0 Å². The Hall–Kier alpha value is -2.60. The standard InChI is InChI=1S/C22H30N2O4/c1-7-12(2)17-10-8-9-11-18(17)24-21(26)16(6)28-22(27)20-13(3)19(15(5)25)14(4)23-20/h8-12,15-16,23,25H,7H2,1-6H3,(H,24,26)/t12-,15+,16+/m0/s1. The summed E-state index contributed by atoms with van der Waals surface area (Å²) in [4.78, 5) is 28.0. The van der Waals surface area contributed by atoms with Crippen LogP contribution >= 0.6 is 0 Å². The minimum atomic E-state index is -0.963. The van der Waals surface area contributed by atoms with Crippen LogP contribution in [-0.2, 0) is 9.53 Å². The molecule has 6 nitrogen and oxygen atoms in total. The number of aromatic nitrogens is 1. The van der Waals surface area contributed by atoms with Crippen LogP contribution in [-0.4, -0.2) is 28.1 Å². The van der Waals surface area contributed by atoms with Crippen molar-refractivity contribution in [1.29, 1.82) is 0 Å². The van der Waals surface area contributed by atoms with Crippen molar-refractivity contribution in [2.24, 2.45) is 0 Å². The lowest BCUT2D eigenvalue weighted by Gasteiger charge is -2.18. The van der Waals surface area contributed by atoms with Crippen LogP contribution in [0.2, 0.25) is 0 Å². The van der Waals surface area contributed by atoms with Gasteiger partial charge in [-0.2, -0.15) is 0 Å². The van der Waals surface area contributed by atoms with Crippen molar-refractivity contribution >= 4 is 17.6 Å². The van der Waals surface area contributed by atoms with Gasteiger partial charge < -0.3 is 20.1 Å². The first kappa shape index (κ1) is 21.7. The fraction of sp³-hybridized carbons (Fsp3) is 0.455. The topological polar surface area (TPSA) is 91.4 Å². The second-order valence-electron chi connectivity index (χ2n) is 7.27. The molecule has 0 unspecified atom stereocenters. The number of para-hydroxylation sites is 1. The molecule has 0 aliphatic heterocycles. The molecule has 1 aromatic carbocycles. The van der Waals surface area contributed by atoms with Crippen molar-refractivity contribution < 1.29 is 19.4 Å². The van der Waals surface area contributed by atoms with Gasteiger partial charge in [-0.25, -0.2) is 4.79 Å². The Labute approximate surface area is 166 Å². The van der Waals surface area contributed by atoms with E-state index in [0.29, 0.717) is 22.7 Å². The number of aliphatic hydroxyl groups excluding tert-OH is 1. The Kier molecular flexibility index (Phi) is 7.02. The number of hydrogen-bond donors (Lipinski definition) is 3. The second-order valence-corrected chi connectivity index (χ2v) is 7.27. The number of nitrogens with one attached hydrogen (secondary N) is 2. The minimum absolute atomic E-state index is 0.257. The summed E-state index contributed by atoms with van der Waals surface area (Å²) in [7, 11) is 0. The average molecular weight is 386 g/mol. The number of benzene rings is 1. The van der Waals surface area contributed by atoms with E-state index in [4.69, 9.17) is 4.74 Å². The van der Waals surface area contributed by atoms with E-state index in [0.717, 1.165) is 17.7 Å². The molecular weight excluding hydrogens is 356 g/mol. The summed E-state index contributed by atoms with van der Waals surface area (Å²) in [6.45, 7) is 10.9. The number of rotatable bonds is 7. The van der Waals surface area contributed by atoms with Crippen molar-refractivity contribution in [3.8, 4) is 0 Å². The molecule has 6 heteroatoms. The molecule has 0 spiro atoms. The van der Waals surface area contributed by atoms with Crippen molar-refractivity contribution in [3.05, 3.63) is 52.3 Å². The maximum absolute atomic E-state index is 12.6. The molecule has 0 bridgehead atoms. The highest BCUT2D eigenvalue weighted by Gasteiger charge is 2.25. The molecule has 1 amide bonds. The summed E-state index contributed by atoms with van der Waals surface area (Å²) >= 11 is 0. The number of anilines is 1. The van der Waals surface area contributed by atoms with E-state index in [1.807, 2.05) is 24.3 Å². The highest BCUT2D eigenvalue weighted by Crippen LogP contribution is 2.27. The number of aryl methyl sites for hydroxylation is 1. The summed E-state index contributed by atoms with van der Waals surface area (Å²) in [6.07, 6.45) is -0.708. The fourth-order valence-electron chi connectivity index (χ4n) is 3.36. The fourth-order valence-corrected chi connectivity index (χ4v) is 3.36. The van der Waals surface area contributed by atoms with Gasteiger partial charge in [0.15, 0.2) is 6.10 Å². The van der Waals surface area contributed by atoms with E-state index in [2.05, 4.69) is 24.1 Å². The highest BCUT2D eigenvalue weighted by atomic mass is 16.5. The van der Waals surface area contributed by atoms with Crippen LogP contribution in [0.4, 0.5) is 5.69 Å². The second kappa shape index (κ2) is 9.06. The predicted molar refractivity (Wildman–Crippen MR) is 110 cm³/mol. The van der Waals surface area contributed by atoms with Crippen LogP contribution in [0, 0.1) is 13.8 Å². The van der Waals surface area contributed by atoms with Gasteiger partial charge in [-0.3, -0.25) is 4.79 Å². The number of carbonyl (C=O) groups is 2. The molecule has 1 aromatic heterocycles. The number of ether oxygens (including phenoxy) is 1. The monoisotopic (exact) mass is 386 g/mol. The Morgan fingerprint density at radius 1 is 1.18 bits per heavy atom. The summed E-state index contributed by atoms with van der Waals surface area (Å²) in [6, 6.07) is 7.64. The van der Waals surface area contributed by atoms with E-state index in [9.17, 15) is 14.7 Å². The van der Waals surface area contributed by atoms with Gasteiger partial charge in [-0.05, 0) is 57.2 Å². The summed E-state index contributed by atoms with van der Waals surface area (Å²) in [5.41, 5.74) is 4.05. The zero-order valence-corrected chi connectivity index (χ0v) is 17.4. The largest absolute Gasteiger partial charge is 0.448 e. The third kappa shape index (κ3) is 4.62. The lowest BCUT2D eigenvalue weighted by Crippen LogP contribution is -2.30. The summed E-state index contributed by atoms with van der Waals surface area (Å²) in [5, 5.41) is 12.7. The first-order valence-electron chi connectivity index (χ1n) is 9.65. The van der Waals surface area contributed by atoms with Gasteiger partial charge >= 0.3 is 5.97 Å². The number of esters is 1. The Bertz CT molecular complexity index is 854. The molecule has 0 saturated carbocycles. The number of H-pyrrole nitrogens is 1. The molecule has 28 heavy (non-hydrogen) atoms. The molecule has 2 aromatic rings. The van der Waals surface area contributed by atoms with Crippen molar-refractivity contribution in [2.75, 3.05) is 5.32 Å². The third-order valence-electron chi connectivity index (χ3n) is 5.13. The van der Waals surface area contributed by atoms with Gasteiger partial charge in [-0.1, -0.05) is 32.0 Å². The molecule has 0 radical (unpaired) electrons. The quantitative estimate of drug-likeness (QED) is 0.616. The maximum Gasteiger partial charge on any atom is 0.355 e. The normalized spacial score (nSPS) is 14.2. The Morgan fingerprint density at radius 3 is 2.39 bits per heavy atom. The van der Waals surface area contributed by atoms with Gasteiger partial charge in [0, 0.05) is 16.9 Å². The van der Waals surface area contributed by atoms with Crippen LogP contribution in [0.25, 0.3) is 0 Å². The van der Waals surface area contributed by atoms with E-state index in [1.165, 1.54) is 0 Å². The molecule has 1 heterocycles. The molecule has 2 rings (SSSR count). The van der Waals surface area contributed by atoms with E-state index >= 15 is 0 Å². The van der Waals surface area contributed by atoms with Crippen LogP contribution in [0.5, 0.6) is 0 Å². The van der Waals surface area contributed by atoms with Crippen LogP contribution in [0.1, 0.15) is 79.0 Å². The first-order chi connectivity index (χ1) is 13.2. The average Bonchev–Trinajstić information content (AvgIpc) is 2.95. The molecular formula is C22H30N2O4. The van der Waals surface area contributed by atoms with Crippen LogP contribution in [0.15, 0.2) is 24.3 Å². The minimum Gasteiger partial charge on any atom is -0.448 e. The van der Waals surface area contributed by atoms with Crippen molar-refractivity contribution in [2.45, 2.75) is 66.1 Å². The number of amides is 1. The third-order valence-corrected chi connectivity index (χ3v) is 5.13. The van der Waals surface area contributed by atoms with Gasteiger partial charge in [0.1, 0.15) is 5.69 Å². The zero-order valence-electron chi connectivity index (χ0n) is 17.4. The van der Waals surface area contributed by atoms with Gasteiger partial charge in [0.25, 0.3) is 5.91 Å². The zero-order chi connectivity index (χ0) is 21.0. The van der Waals surface area contributed by atoms with Gasteiger partial charge in [0.2, 0.25) is 0 Å². The maximum atomic E-state index is 12.6. The Morgan fingerprint density at radius 2 is 1.82 bits per heavy atom. The smallest absolute Gasteiger partial charge is 0.355 e. The molecule has 0 aliphatic carbocycles. The van der Waals surface area contributed by atoms with E-state index < -0.39 is 18.2 Å². The molecule has 3 atom stereocenters.